The maximum Gasteiger partial charge on any atom is 0.0686 e. The molecule has 0 amide bonds. The zero-order chi connectivity index (χ0) is 9.38. The van der Waals surface area contributed by atoms with Crippen LogP contribution in [0.5, 0.6) is 0 Å². The second-order valence-electron chi connectivity index (χ2n) is 3.66. The van der Waals surface area contributed by atoms with E-state index in [0.717, 1.165) is 0 Å². The van der Waals surface area contributed by atoms with Crippen molar-refractivity contribution in [3.63, 3.8) is 0 Å². The summed E-state index contributed by atoms with van der Waals surface area (Å²) in [6.07, 6.45) is 8.55. The molecule has 2 heteroatoms. The molecule has 2 aliphatic rings. The van der Waals surface area contributed by atoms with Gasteiger partial charge in [0.15, 0.2) is 0 Å². The molecule has 0 saturated carbocycles. The Bertz CT molecular complexity index is 368. The molecule has 1 aromatic carbocycles. The van der Waals surface area contributed by atoms with Gasteiger partial charge in [-0.3, -0.25) is 0 Å². The number of fused-ring (bicyclic) bond motifs is 2. The van der Waals surface area contributed by atoms with Crippen molar-refractivity contribution < 1.29 is 0 Å². The first-order chi connectivity index (χ1) is 6.93. The minimum Gasteiger partial charge on any atom is -0.375 e. The van der Waals surface area contributed by atoms with Gasteiger partial charge < -0.3 is 10.6 Å². The number of anilines is 2. The van der Waals surface area contributed by atoms with Crippen LogP contribution in [-0.4, -0.2) is 12.1 Å². The van der Waals surface area contributed by atoms with Gasteiger partial charge >= 0.3 is 0 Å². The van der Waals surface area contributed by atoms with E-state index in [2.05, 4.69) is 59.2 Å². The fourth-order valence-electron chi connectivity index (χ4n) is 1.98. The lowest BCUT2D eigenvalue weighted by molar-refractivity contribution is 0.764. The van der Waals surface area contributed by atoms with E-state index in [4.69, 9.17) is 0 Å². The molecule has 1 aromatic rings. The fraction of sp³-hybridized carbons (Fsp3) is 0.167. The number of benzene rings is 1. The number of rotatable bonds is 0. The molecule has 2 atom stereocenters. The normalized spacial score (nSPS) is 27.1. The van der Waals surface area contributed by atoms with E-state index in [-0.39, 0.29) is 0 Å². The zero-order valence-corrected chi connectivity index (χ0v) is 7.77. The minimum absolute atomic E-state index is 0.384. The summed E-state index contributed by atoms with van der Waals surface area (Å²) in [5.74, 6) is 0. The Hall–Kier alpha value is -1.70. The molecule has 0 saturated heterocycles. The zero-order valence-electron chi connectivity index (χ0n) is 7.77. The third kappa shape index (κ3) is 1.11. The van der Waals surface area contributed by atoms with Gasteiger partial charge in [0.2, 0.25) is 0 Å². The van der Waals surface area contributed by atoms with Crippen LogP contribution in [0.3, 0.4) is 0 Å². The van der Waals surface area contributed by atoms with Gasteiger partial charge in [-0.15, -0.1) is 0 Å². The quantitative estimate of drug-likeness (QED) is 0.647. The molecule has 2 unspecified atom stereocenters. The van der Waals surface area contributed by atoms with Gasteiger partial charge in [-0.2, -0.15) is 0 Å². The Morgan fingerprint density at radius 2 is 1.29 bits per heavy atom. The Labute approximate surface area is 83.3 Å². The van der Waals surface area contributed by atoms with Gasteiger partial charge in [-0.25, -0.2) is 0 Å². The maximum atomic E-state index is 3.50. The fourth-order valence-corrected chi connectivity index (χ4v) is 1.98. The Kier molecular flexibility index (Phi) is 1.60. The molecule has 1 aliphatic heterocycles. The van der Waals surface area contributed by atoms with Gasteiger partial charge in [0, 0.05) is 0 Å². The lowest BCUT2D eigenvalue weighted by Gasteiger charge is -2.34. The second-order valence-corrected chi connectivity index (χ2v) is 3.66. The monoisotopic (exact) mass is 184 g/mol. The minimum atomic E-state index is 0.384. The Morgan fingerprint density at radius 1 is 0.786 bits per heavy atom. The van der Waals surface area contributed by atoms with E-state index in [1.807, 2.05) is 0 Å². The Morgan fingerprint density at radius 3 is 1.79 bits per heavy atom. The van der Waals surface area contributed by atoms with Crippen LogP contribution in [0.25, 0.3) is 0 Å². The van der Waals surface area contributed by atoms with Crippen LogP contribution in [0.4, 0.5) is 11.4 Å². The third-order valence-corrected chi connectivity index (χ3v) is 2.71. The van der Waals surface area contributed by atoms with E-state index in [9.17, 15) is 0 Å². The van der Waals surface area contributed by atoms with Crippen LogP contribution >= 0.6 is 0 Å². The molecule has 0 bridgehead atoms. The summed E-state index contributed by atoms with van der Waals surface area (Å²) in [4.78, 5) is 0. The van der Waals surface area contributed by atoms with Crippen LogP contribution in [0.1, 0.15) is 0 Å². The highest BCUT2D eigenvalue weighted by Crippen LogP contribution is 2.29. The van der Waals surface area contributed by atoms with Crippen molar-refractivity contribution >= 4 is 11.4 Å². The predicted octanol–water partition coefficient (Wildman–Crippen LogP) is 2.39. The standard InChI is InChI=1S/C12H12N2/c1-2-6-10-9(5-1)13-11-7-3-4-8-12(11)14-10/h1-10,13-14H. The Balaban J connectivity index is 2.00. The molecule has 1 aliphatic carbocycles. The van der Waals surface area contributed by atoms with Crippen molar-refractivity contribution in [2.45, 2.75) is 12.1 Å². The van der Waals surface area contributed by atoms with Gasteiger partial charge in [0.25, 0.3) is 0 Å². The second kappa shape index (κ2) is 2.91. The van der Waals surface area contributed by atoms with E-state index < -0.39 is 0 Å². The molecule has 2 nitrogen and oxygen atoms in total. The van der Waals surface area contributed by atoms with Crippen LogP contribution in [0.15, 0.2) is 48.6 Å². The molecular weight excluding hydrogens is 172 g/mol. The van der Waals surface area contributed by atoms with E-state index in [1.54, 1.807) is 0 Å². The van der Waals surface area contributed by atoms with Crippen LogP contribution in [0, 0.1) is 0 Å². The van der Waals surface area contributed by atoms with Crippen LogP contribution in [0.2, 0.25) is 0 Å². The smallest absolute Gasteiger partial charge is 0.0686 e. The molecular formula is C12H12N2. The average molecular weight is 184 g/mol. The molecule has 3 rings (SSSR count). The first-order valence-electron chi connectivity index (χ1n) is 4.90. The van der Waals surface area contributed by atoms with E-state index >= 15 is 0 Å². The molecule has 0 radical (unpaired) electrons. The summed E-state index contributed by atoms with van der Waals surface area (Å²) < 4.78 is 0. The highest BCUT2D eigenvalue weighted by molar-refractivity contribution is 5.73. The van der Waals surface area contributed by atoms with Gasteiger partial charge in [-0.1, -0.05) is 36.4 Å². The van der Waals surface area contributed by atoms with Gasteiger partial charge in [-0.05, 0) is 12.1 Å². The summed E-state index contributed by atoms with van der Waals surface area (Å²) >= 11 is 0. The third-order valence-electron chi connectivity index (χ3n) is 2.71. The van der Waals surface area contributed by atoms with Gasteiger partial charge in [0.1, 0.15) is 0 Å². The van der Waals surface area contributed by atoms with Crippen molar-refractivity contribution in [2.75, 3.05) is 10.6 Å². The number of allylic oxidation sites excluding steroid dienone is 2. The summed E-state index contributed by atoms with van der Waals surface area (Å²) in [6, 6.07) is 9.08. The maximum absolute atomic E-state index is 3.50. The number of hydrogen-bond acceptors (Lipinski definition) is 2. The number of nitrogens with one attached hydrogen (secondary N) is 2. The van der Waals surface area contributed by atoms with Crippen molar-refractivity contribution in [3.05, 3.63) is 48.6 Å². The molecule has 70 valence electrons. The topological polar surface area (TPSA) is 24.1 Å². The number of hydrogen-bond donors (Lipinski definition) is 2. The molecule has 2 N–H and O–H groups in total. The summed E-state index contributed by atoms with van der Waals surface area (Å²) in [6.45, 7) is 0. The van der Waals surface area contributed by atoms with E-state index in [0.29, 0.717) is 12.1 Å². The molecule has 0 spiro atoms. The first-order valence-corrected chi connectivity index (χ1v) is 4.90. The molecule has 0 fully saturated rings. The first kappa shape index (κ1) is 7.68. The van der Waals surface area contributed by atoms with Crippen LogP contribution in [-0.2, 0) is 0 Å². The molecule has 14 heavy (non-hydrogen) atoms. The van der Waals surface area contributed by atoms with Crippen LogP contribution < -0.4 is 10.6 Å². The highest BCUT2D eigenvalue weighted by atomic mass is 15.1. The van der Waals surface area contributed by atoms with Crippen molar-refractivity contribution in [2.24, 2.45) is 0 Å². The largest absolute Gasteiger partial charge is 0.375 e. The van der Waals surface area contributed by atoms with Crippen molar-refractivity contribution in [1.82, 2.24) is 0 Å². The lowest BCUT2D eigenvalue weighted by Crippen LogP contribution is -2.41. The van der Waals surface area contributed by atoms with Gasteiger partial charge in [0.05, 0.1) is 23.5 Å². The molecule has 0 aromatic heterocycles. The molecule has 1 heterocycles. The SMILES string of the molecule is C1=CC2Nc3ccccc3NC2C=C1. The van der Waals surface area contributed by atoms with Crippen molar-refractivity contribution in [1.29, 1.82) is 0 Å². The summed E-state index contributed by atoms with van der Waals surface area (Å²) in [5, 5.41) is 7.00. The predicted molar refractivity (Wildman–Crippen MR) is 59.5 cm³/mol. The average Bonchev–Trinajstić information content (AvgIpc) is 2.26. The van der Waals surface area contributed by atoms with E-state index in [1.165, 1.54) is 11.4 Å². The lowest BCUT2D eigenvalue weighted by atomic mass is 9.99. The van der Waals surface area contributed by atoms with Crippen molar-refractivity contribution in [3.8, 4) is 0 Å². The summed E-state index contributed by atoms with van der Waals surface area (Å²) in [7, 11) is 0. The highest BCUT2D eigenvalue weighted by Gasteiger charge is 2.23. The summed E-state index contributed by atoms with van der Waals surface area (Å²) in [5.41, 5.74) is 2.38. The number of para-hydroxylation sites is 2.